The van der Waals surface area contributed by atoms with Gasteiger partial charge in [0.25, 0.3) is 0 Å². The summed E-state index contributed by atoms with van der Waals surface area (Å²) < 4.78 is 0. The largest absolute Gasteiger partial charge is 0.481 e. The van der Waals surface area contributed by atoms with Crippen molar-refractivity contribution < 1.29 is 24.9 Å². The summed E-state index contributed by atoms with van der Waals surface area (Å²) in [4.78, 5) is 25.9. The SMILES string of the molecule is C[C@@H]1CC[C@]2(C(=O)O)CC[C@]3(C)C(=CC[C@@H]4[C@@]5(C)CC(=O)CC(C)(CO)C5CC[C@]43C)[C@@H]2[C@]1(C)O. The van der Waals surface area contributed by atoms with Crippen molar-refractivity contribution in [2.75, 3.05) is 6.61 Å². The number of carboxylic acids is 1. The van der Waals surface area contributed by atoms with Crippen LogP contribution in [0, 0.1) is 50.7 Å². The fraction of sp³-hybridized carbons (Fsp3) is 0.867. The molecule has 196 valence electrons. The molecule has 5 aliphatic rings. The molecule has 0 spiro atoms. The summed E-state index contributed by atoms with van der Waals surface area (Å²) >= 11 is 0. The van der Waals surface area contributed by atoms with Gasteiger partial charge in [-0.05, 0) is 85.9 Å². The molecule has 4 fully saturated rings. The van der Waals surface area contributed by atoms with Crippen LogP contribution in [0.2, 0.25) is 0 Å². The van der Waals surface area contributed by atoms with Crippen LogP contribution in [0.15, 0.2) is 11.6 Å². The predicted molar refractivity (Wildman–Crippen MR) is 134 cm³/mol. The van der Waals surface area contributed by atoms with Crippen LogP contribution in [0.25, 0.3) is 0 Å². The number of carbonyl (C=O) groups excluding carboxylic acids is 1. The summed E-state index contributed by atoms with van der Waals surface area (Å²) in [5.41, 5.74) is -1.65. The van der Waals surface area contributed by atoms with Gasteiger partial charge >= 0.3 is 5.97 Å². The number of fused-ring (bicyclic) bond motifs is 7. The number of carboxylic acid groups (broad SMARTS) is 1. The van der Waals surface area contributed by atoms with Crippen LogP contribution in [0.4, 0.5) is 0 Å². The van der Waals surface area contributed by atoms with E-state index in [9.17, 15) is 24.9 Å². The van der Waals surface area contributed by atoms with Crippen molar-refractivity contribution in [1.29, 1.82) is 0 Å². The molecule has 5 aliphatic carbocycles. The number of hydrogen-bond donors (Lipinski definition) is 3. The van der Waals surface area contributed by atoms with Gasteiger partial charge in [0.15, 0.2) is 0 Å². The molecule has 5 nitrogen and oxygen atoms in total. The van der Waals surface area contributed by atoms with Gasteiger partial charge in [-0.3, -0.25) is 9.59 Å². The van der Waals surface area contributed by atoms with Crippen molar-refractivity contribution in [2.45, 2.75) is 105 Å². The molecule has 2 unspecified atom stereocenters. The fourth-order valence-corrected chi connectivity index (χ4v) is 10.8. The number of allylic oxidation sites excluding steroid dienone is 1. The Morgan fingerprint density at radius 3 is 2.31 bits per heavy atom. The van der Waals surface area contributed by atoms with Crippen molar-refractivity contribution in [1.82, 2.24) is 0 Å². The Morgan fingerprint density at radius 1 is 1.00 bits per heavy atom. The van der Waals surface area contributed by atoms with E-state index >= 15 is 0 Å². The highest BCUT2D eigenvalue weighted by Crippen LogP contribution is 2.75. The first-order valence-electron chi connectivity index (χ1n) is 13.9. The Kier molecular flexibility index (Phi) is 5.40. The minimum Gasteiger partial charge on any atom is -0.481 e. The van der Waals surface area contributed by atoms with Gasteiger partial charge in [-0.15, -0.1) is 0 Å². The molecular formula is C30H46O5. The van der Waals surface area contributed by atoms with Gasteiger partial charge in [0, 0.05) is 30.8 Å². The molecule has 0 aromatic rings. The van der Waals surface area contributed by atoms with E-state index in [0.29, 0.717) is 37.5 Å². The summed E-state index contributed by atoms with van der Waals surface area (Å²) in [6.07, 6.45) is 8.94. The van der Waals surface area contributed by atoms with Gasteiger partial charge in [-0.2, -0.15) is 0 Å². The average molecular weight is 487 g/mol. The lowest BCUT2D eigenvalue weighted by atomic mass is 9.33. The van der Waals surface area contributed by atoms with Crippen LogP contribution in [0.5, 0.6) is 0 Å². The molecular weight excluding hydrogens is 440 g/mol. The number of ketones is 1. The molecule has 0 radical (unpaired) electrons. The second kappa shape index (κ2) is 7.43. The molecule has 0 heterocycles. The highest BCUT2D eigenvalue weighted by atomic mass is 16.4. The summed E-state index contributed by atoms with van der Waals surface area (Å²) in [7, 11) is 0. The maximum absolute atomic E-state index is 13.0. The van der Waals surface area contributed by atoms with E-state index < -0.39 is 17.0 Å². The molecule has 0 aromatic carbocycles. The zero-order chi connectivity index (χ0) is 25.8. The Morgan fingerprint density at radius 2 is 1.69 bits per heavy atom. The lowest BCUT2D eigenvalue weighted by molar-refractivity contribution is -0.210. The Bertz CT molecular complexity index is 983. The Labute approximate surface area is 210 Å². The van der Waals surface area contributed by atoms with Crippen LogP contribution < -0.4 is 0 Å². The molecule has 0 aromatic heterocycles. The minimum absolute atomic E-state index is 0.0447. The molecule has 5 heteroatoms. The monoisotopic (exact) mass is 486 g/mol. The van der Waals surface area contributed by atoms with E-state index in [-0.39, 0.29) is 45.9 Å². The number of aliphatic carboxylic acids is 1. The molecule has 3 N–H and O–H groups in total. The third-order valence-corrected chi connectivity index (χ3v) is 13.1. The van der Waals surface area contributed by atoms with Gasteiger partial charge in [0.2, 0.25) is 0 Å². The summed E-state index contributed by atoms with van der Waals surface area (Å²) in [6.45, 7) is 13.1. The van der Waals surface area contributed by atoms with Gasteiger partial charge in [-0.1, -0.05) is 46.3 Å². The standard InChI is InChI=1S/C30H46O5/c1-18-9-12-30(24(33)34)14-13-27(4)20(23(30)29(18,6)35)7-8-22-26(3)16-19(32)15-25(2,17-31)21(26)10-11-28(22,27)5/h7,18,21-23,31,35H,8-17H2,1-6H3,(H,33,34)/t18-,21?,22-,23-,25?,26+,27-,28-,29-,30+/m1/s1. The highest BCUT2D eigenvalue weighted by Gasteiger charge is 2.71. The third kappa shape index (κ3) is 2.94. The van der Waals surface area contributed by atoms with E-state index in [1.165, 1.54) is 5.57 Å². The van der Waals surface area contributed by atoms with Gasteiger partial charge in [-0.25, -0.2) is 0 Å². The molecule has 4 saturated carbocycles. The molecule has 35 heavy (non-hydrogen) atoms. The van der Waals surface area contributed by atoms with Crippen molar-refractivity contribution in [2.24, 2.45) is 50.7 Å². The van der Waals surface area contributed by atoms with Crippen LogP contribution in [0.1, 0.15) is 99.3 Å². The summed E-state index contributed by atoms with van der Waals surface area (Å²) in [5, 5.41) is 32.8. The van der Waals surface area contributed by atoms with Gasteiger partial charge < -0.3 is 15.3 Å². The number of rotatable bonds is 2. The lowest BCUT2D eigenvalue weighted by Gasteiger charge is -2.71. The van der Waals surface area contributed by atoms with Crippen LogP contribution in [0.3, 0.4) is 0 Å². The molecule has 0 saturated heterocycles. The minimum atomic E-state index is -1.06. The second-order valence-electron chi connectivity index (χ2n) is 14.6. The quantitative estimate of drug-likeness (QED) is 0.455. The van der Waals surface area contributed by atoms with E-state index in [4.69, 9.17) is 0 Å². The van der Waals surface area contributed by atoms with E-state index in [1.54, 1.807) is 0 Å². The Hall–Kier alpha value is -1.20. The van der Waals surface area contributed by atoms with Crippen LogP contribution in [-0.4, -0.2) is 39.3 Å². The molecule has 0 bridgehead atoms. The lowest BCUT2D eigenvalue weighted by Crippen LogP contribution is -2.67. The van der Waals surface area contributed by atoms with Crippen LogP contribution in [-0.2, 0) is 9.59 Å². The first kappa shape index (κ1) is 25.4. The summed E-state index contributed by atoms with van der Waals surface area (Å²) in [6, 6.07) is 0. The maximum Gasteiger partial charge on any atom is 0.310 e. The van der Waals surface area contributed by atoms with Gasteiger partial charge in [0.05, 0.1) is 11.0 Å². The first-order valence-corrected chi connectivity index (χ1v) is 13.9. The predicted octanol–water partition coefficient (Wildman–Crippen LogP) is 5.39. The van der Waals surface area contributed by atoms with Crippen molar-refractivity contribution in [3.05, 3.63) is 11.6 Å². The zero-order valence-electron chi connectivity index (χ0n) is 22.6. The Balaban J connectivity index is 1.65. The van der Waals surface area contributed by atoms with E-state index in [2.05, 4.69) is 40.7 Å². The number of carbonyl (C=O) groups is 2. The first-order chi connectivity index (χ1) is 16.1. The molecule has 0 aliphatic heterocycles. The van der Waals surface area contributed by atoms with Crippen LogP contribution >= 0.6 is 0 Å². The number of hydrogen-bond acceptors (Lipinski definition) is 4. The normalized spacial score (nSPS) is 55.7. The summed E-state index contributed by atoms with van der Waals surface area (Å²) in [5.74, 6) is -0.230. The van der Waals surface area contributed by atoms with Crippen molar-refractivity contribution in [3.63, 3.8) is 0 Å². The van der Waals surface area contributed by atoms with Crippen molar-refractivity contribution in [3.8, 4) is 0 Å². The number of aliphatic hydroxyl groups excluding tert-OH is 1. The highest BCUT2D eigenvalue weighted by molar-refractivity contribution is 5.81. The van der Waals surface area contributed by atoms with E-state index in [1.807, 2.05) is 6.92 Å². The smallest absolute Gasteiger partial charge is 0.310 e. The van der Waals surface area contributed by atoms with Gasteiger partial charge in [0.1, 0.15) is 5.78 Å². The average Bonchev–Trinajstić information content (AvgIpc) is 2.76. The number of aliphatic hydroxyl groups is 2. The maximum atomic E-state index is 13.0. The zero-order valence-corrected chi connectivity index (χ0v) is 22.6. The van der Waals surface area contributed by atoms with Crippen molar-refractivity contribution >= 4 is 11.8 Å². The molecule has 5 rings (SSSR count). The second-order valence-corrected chi connectivity index (χ2v) is 14.6. The molecule has 0 amide bonds. The van der Waals surface area contributed by atoms with E-state index in [0.717, 1.165) is 32.1 Å². The fourth-order valence-electron chi connectivity index (χ4n) is 10.8. The topological polar surface area (TPSA) is 94.8 Å². The third-order valence-electron chi connectivity index (χ3n) is 13.1. The number of Topliss-reactive ketones (excluding diaryl/α,β-unsaturated/α-hetero) is 1. The molecule has 10 atom stereocenters.